The zero-order valence-corrected chi connectivity index (χ0v) is 33.1. The first-order valence-electron chi connectivity index (χ1n) is 19.0. The Kier molecular flexibility index (Phi) is 12.3. The Bertz CT molecular complexity index is 2020. The molecule has 54 heavy (non-hydrogen) atoms. The van der Waals surface area contributed by atoms with E-state index < -0.39 is 11.9 Å². The lowest BCUT2D eigenvalue weighted by molar-refractivity contribution is -0.145. The number of hydrogen-bond acceptors (Lipinski definition) is 9. The summed E-state index contributed by atoms with van der Waals surface area (Å²) in [6.07, 6.45) is 6.52. The Labute approximate surface area is 324 Å². The first-order valence-corrected chi connectivity index (χ1v) is 19.3. The first-order chi connectivity index (χ1) is 26.0. The number of hydrogen-bond donors (Lipinski definition) is 3. The van der Waals surface area contributed by atoms with Gasteiger partial charge in [0.15, 0.2) is 0 Å². The predicted molar refractivity (Wildman–Crippen MR) is 215 cm³/mol. The van der Waals surface area contributed by atoms with Gasteiger partial charge in [0, 0.05) is 66.7 Å². The quantitative estimate of drug-likeness (QED) is 0.110. The molecule has 4 aromatic rings. The van der Waals surface area contributed by atoms with E-state index in [-0.39, 0.29) is 5.41 Å². The number of ether oxygens (including phenoxy) is 2. The summed E-state index contributed by atoms with van der Waals surface area (Å²) in [6, 6.07) is 14.6. The Morgan fingerprint density at radius 1 is 1.06 bits per heavy atom. The number of carboxylic acid groups (broad SMARTS) is 1. The molecule has 3 N–H and O–H groups in total. The van der Waals surface area contributed by atoms with E-state index in [1.807, 2.05) is 24.3 Å². The minimum Gasteiger partial charge on any atom is -0.481 e. The van der Waals surface area contributed by atoms with Gasteiger partial charge in [0.25, 0.3) is 0 Å². The van der Waals surface area contributed by atoms with E-state index in [9.17, 15) is 9.90 Å². The molecule has 6 rings (SSSR count). The van der Waals surface area contributed by atoms with Gasteiger partial charge < -0.3 is 25.2 Å². The van der Waals surface area contributed by atoms with Crippen LogP contribution in [0.5, 0.6) is 11.8 Å². The Morgan fingerprint density at radius 2 is 1.76 bits per heavy atom. The molecule has 2 unspecified atom stereocenters. The van der Waals surface area contributed by atoms with E-state index in [1.165, 1.54) is 0 Å². The topological polar surface area (TPSA) is 122 Å². The standard InChI is InChI=1S/C43H53ClN6O4/c1-8-18-43(9-2)25-50(24-35(43)42(51)52)23-34-26(3)19-36(48-40(34)53-6)31-13-10-12-30(28(31)5)32-14-11-15-33(39(32)44)37-22-46-38(41(49-37)54-7)21-45-20-29-17-16-27(4)47-29/h10-15,19,22,29,35,45,47H,4,8-9,16-18,20-21,23-25H2,1-3,5-7H3,(H,51,52)/t29-,35?,43?/m0/s1. The second kappa shape index (κ2) is 16.9. The molecule has 0 aliphatic carbocycles. The maximum atomic E-state index is 12.3. The number of halogens is 1. The summed E-state index contributed by atoms with van der Waals surface area (Å²) < 4.78 is 11.6. The number of aliphatic carboxylic acids is 1. The van der Waals surface area contributed by atoms with E-state index in [1.54, 1.807) is 20.4 Å². The van der Waals surface area contributed by atoms with Crippen molar-refractivity contribution in [1.29, 1.82) is 0 Å². The predicted octanol–water partition coefficient (Wildman–Crippen LogP) is 8.23. The van der Waals surface area contributed by atoms with Crippen molar-refractivity contribution in [3.8, 4) is 45.4 Å². The number of aromatic nitrogens is 3. The molecule has 2 aromatic carbocycles. The summed E-state index contributed by atoms with van der Waals surface area (Å²) in [4.78, 5) is 29.2. The van der Waals surface area contributed by atoms with Crippen molar-refractivity contribution in [3.63, 3.8) is 0 Å². The van der Waals surface area contributed by atoms with Gasteiger partial charge in [0.2, 0.25) is 11.8 Å². The average Bonchev–Trinajstić information content (AvgIpc) is 3.75. The number of aryl methyl sites for hydroxylation is 1. The minimum absolute atomic E-state index is 0.228. The minimum atomic E-state index is -0.709. The molecule has 0 amide bonds. The van der Waals surface area contributed by atoms with Crippen molar-refractivity contribution >= 4 is 17.6 Å². The molecule has 2 fully saturated rings. The second-order valence-corrected chi connectivity index (χ2v) is 15.2. The van der Waals surface area contributed by atoms with Crippen LogP contribution in [-0.2, 0) is 17.9 Å². The molecule has 2 aromatic heterocycles. The van der Waals surface area contributed by atoms with E-state index in [2.05, 4.69) is 68.0 Å². The van der Waals surface area contributed by atoms with Gasteiger partial charge in [-0.2, -0.15) is 0 Å². The fourth-order valence-electron chi connectivity index (χ4n) is 8.46. The summed E-state index contributed by atoms with van der Waals surface area (Å²) in [6.45, 7) is 15.6. The van der Waals surface area contributed by atoms with Crippen LogP contribution in [0, 0.1) is 25.2 Å². The van der Waals surface area contributed by atoms with Gasteiger partial charge in [0.1, 0.15) is 5.69 Å². The van der Waals surface area contributed by atoms with Crippen molar-refractivity contribution in [2.45, 2.75) is 78.9 Å². The lowest BCUT2D eigenvalue weighted by Crippen LogP contribution is -2.34. The lowest BCUT2D eigenvalue weighted by Gasteiger charge is -2.31. The highest BCUT2D eigenvalue weighted by Gasteiger charge is 2.48. The highest BCUT2D eigenvalue weighted by atomic mass is 35.5. The van der Waals surface area contributed by atoms with Gasteiger partial charge in [-0.05, 0) is 67.7 Å². The van der Waals surface area contributed by atoms with Crippen LogP contribution in [0.4, 0.5) is 0 Å². The van der Waals surface area contributed by atoms with Crippen molar-refractivity contribution in [2.75, 3.05) is 33.9 Å². The Morgan fingerprint density at radius 3 is 2.43 bits per heavy atom. The number of nitrogens with one attached hydrogen (secondary N) is 2. The van der Waals surface area contributed by atoms with Crippen LogP contribution >= 0.6 is 11.6 Å². The number of pyridine rings is 1. The molecular formula is C43H53ClN6O4. The Balaban J connectivity index is 1.25. The molecule has 0 spiro atoms. The van der Waals surface area contributed by atoms with E-state index in [0.717, 1.165) is 101 Å². The number of allylic oxidation sites excluding steroid dienone is 1. The van der Waals surface area contributed by atoms with E-state index >= 15 is 0 Å². The van der Waals surface area contributed by atoms with Gasteiger partial charge in [-0.15, -0.1) is 0 Å². The summed E-state index contributed by atoms with van der Waals surface area (Å²) in [5, 5.41) is 17.6. The number of rotatable bonds is 15. The molecule has 0 saturated carbocycles. The van der Waals surface area contributed by atoms with Crippen molar-refractivity contribution in [1.82, 2.24) is 30.5 Å². The number of benzene rings is 2. The highest BCUT2D eigenvalue weighted by molar-refractivity contribution is 6.36. The van der Waals surface area contributed by atoms with Gasteiger partial charge in [-0.1, -0.05) is 74.8 Å². The molecular weight excluding hydrogens is 700 g/mol. The van der Waals surface area contributed by atoms with Crippen molar-refractivity contribution < 1.29 is 19.4 Å². The van der Waals surface area contributed by atoms with Gasteiger partial charge in [0.05, 0.1) is 42.7 Å². The molecule has 4 heterocycles. The third kappa shape index (κ3) is 7.97. The van der Waals surface area contributed by atoms with Crippen LogP contribution in [0.15, 0.2) is 60.9 Å². The van der Waals surface area contributed by atoms with E-state index in [0.29, 0.717) is 48.2 Å². The molecule has 11 heteroatoms. The van der Waals surface area contributed by atoms with Crippen LogP contribution in [0.2, 0.25) is 5.02 Å². The average molecular weight is 753 g/mol. The lowest BCUT2D eigenvalue weighted by atomic mass is 9.72. The second-order valence-electron chi connectivity index (χ2n) is 14.8. The van der Waals surface area contributed by atoms with Gasteiger partial charge >= 0.3 is 5.97 Å². The third-order valence-corrected chi connectivity index (χ3v) is 11.8. The number of likely N-dealkylation sites (tertiary alicyclic amines) is 1. The number of nitrogens with zero attached hydrogens (tertiary/aromatic N) is 4. The number of carbonyl (C=O) groups is 1. The fraction of sp³-hybridized carbons (Fsp3) is 0.442. The monoisotopic (exact) mass is 752 g/mol. The maximum absolute atomic E-state index is 12.3. The SMILES string of the molecule is C=C1CC[C@@H](CNCc2ncc(-c3cccc(-c4cccc(-c5cc(C)c(CN6CC(C(=O)O)C(CC)(CCC)C6)c(OC)n5)c4C)c3Cl)nc2OC)N1. The maximum Gasteiger partial charge on any atom is 0.308 e. The molecule has 286 valence electrons. The third-order valence-electron chi connectivity index (χ3n) is 11.4. The van der Waals surface area contributed by atoms with E-state index in [4.69, 9.17) is 36.0 Å². The van der Waals surface area contributed by atoms with Crippen LogP contribution in [0.1, 0.15) is 68.3 Å². The molecule has 2 aliphatic heterocycles. The van der Waals surface area contributed by atoms with Crippen molar-refractivity contribution in [3.05, 3.63) is 88.3 Å². The van der Waals surface area contributed by atoms with Crippen molar-refractivity contribution in [2.24, 2.45) is 11.3 Å². The fourth-order valence-corrected chi connectivity index (χ4v) is 8.79. The molecule has 0 radical (unpaired) electrons. The molecule has 2 aliphatic rings. The zero-order valence-electron chi connectivity index (χ0n) is 32.4. The smallest absolute Gasteiger partial charge is 0.308 e. The normalized spacial score (nSPS) is 19.9. The Hall–Kier alpha value is -4.51. The van der Waals surface area contributed by atoms with Crippen LogP contribution in [0.25, 0.3) is 33.6 Å². The molecule has 2 saturated heterocycles. The molecule has 10 nitrogen and oxygen atoms in total. The first kappa shape index (κ1) is 39.2. The van der Waals surface area contributed by atoms with Crippen LogP contribution in [-0.4, -0.2) is 70.8 Å². The van der Waals surface area contributed by atoms with Crippen LogP contribution in [0.3, 0.4) is 0 Å². The number of methoxy groups -OCH3 is 2. The molecule has 0 bridgehead atoms. The summed E-state index contributed by atoms with van der Waals surface area (Å²) >= 11 is 7.19. The van der Waals surface area contributed by atoms with Gasteiger partial charge in [-0.25, -0.2) is 9.97 Å². The molecule has 3 atom stereocenters. The summed E-state index contributed by atoms with van der Waals surface area (Å²) in [5.74, 6) is -0.0873. The highest BCUT2D eigenvalue weighted by Crippen LogP contribution is 2.45. The van der Waals surface area contributed by atoms with Gasteiger partial charge in [-0.3, -0.25) is 14.7 Å². The summed E-state index contributed by atoms with van der Waals surface area (Å²) in [5.41, 5.74) is 9.65. The van der Waals surface area contributed by atoms with Crippen LogP contribution < -0.4 is 20.1 Å². The summed E-state index contributed by atoms with van der Waals surface area (Å²) in [7, 11) is 3.25. The number of carboxylic acids is 1. The zero-order chi connectivity index (χ0) is 38.6. The largest absolute Gasteiger partial charge is 0.481 e.